The maximum atomic E-state index is 12.2. The zero-order valence-electron chi connectivity index (χ0n) is 17.2. The van der Waals surface area contributed by atoms with E-state index >= 15 is 0 Å². The van der Waals surface area contributed by atoms with Crippen LogP contribution < -0.4 is 0 Å². The Kier molecular flexibility index (Phi) is 6.92. The fraction of sp³-hybridized carbons (Fsp3) is 0.478. The number of hydrogen-bond acceptors (Lipinski definition) is 4. The van der Waals surface area contributed by atoms with E-state index in [-0.39, 0.29) is 34.8 Å². The molecular weight excluding hydrogens is 420 g/mol. The minimum absolute atomic E-state index is 0.0170. The molecule has 5 heteroatoms. The summed E-state index contributed by atoms with van der Waals surface area (Å²) >= 11 is 3.28. The molecule has 1 aromatic carbocycles. The normalized spacial score (nSPS) is 26.1. The molecule has 0 bridgehead atoms. The summed E-state index contributed by atoms with van der Waals surface area (Å²) in [5.41, 5.74) is 1.77. The Labute approximate surface area is 175 Å². The molecule has 1 aliphatic rings. The van der Waals surface area contributed by atoms with Gasteiger partial charge in [0.2, 0.25) is 0 Å². The van der Waals surface area contributed by atoms with Crippen molar-refractivity contribution in [3.63, 3.8) is 0 Å². The molecule has 1 saturated carbocycles. The number of ketones is 1. The van der Waals surface area contributed by atoms with E-state index in [0.29, 0.717) is 40.0 Å². The van der Waals surface area contributed by atoms with E-state index < -0.39 is 0 Å². The summed E-state index contributed by atoms with van der Waals surface area (Å²) in [7, 11) is 0. The van der Waals surface area contributed by atoms with Crippen LogP contribution in [0.3, 0.4) is 0 Å². The molecule has 28 heavy (non-hydrogen) atoms. The predicted octanol–water partition coefficient (Wildman–Crippen LogP) is 5.67. The van der Waals surface area contributed by atoms with Crippen LogP contribution in [-0.2, 0) is 11.2 Å². The summed E-state index contributed by atoms with van der Waals surface area (Å²) in [6.07, 6.45) is 8.45. The number of aldehydes is 1. The fourth-order valence-corrected chi connectivity index (χ4v) is 4.28. The maximum Gasteiger partial charge on any atom is 0.154 e. The Morgan fingerprint density at radius 2 is 1.93 bits per heavy atom. The summed E-state index contributed by atoms with van der Waals surface area (Å²) in [5, 5.41) is 20.7. The monoisotopic (exact) mass is 448 g/mol. The molecule has 1 aromatic rings. The second kappa shape index (κ2) is 8.64. The summed E-state index contributed by atoms with van der Waals surface area (Å²) in [4.78, 5) is 23.5. The highest BCUT2D eigenvalue weighted by atomic mass is 79.9. The van der Waals surface area contributed by atoms with Crippen LogP contribution >= 0.6 is 15.9 Å². The van der Waals surface area contributed by atoms with E-state index in [1.165, 1.54) is 0 Å². The van der Waals surface area contributed by atoms with Gasteiger partial charge in [0.15, 0.2) is 6.29 Å². The third kappa shape index (κ3) is 4.09. The molecule has 1 aliphatic carbocycles. The highest BCUT2D eigenvalue weighted by Crippen LogP contribution is 2.45. The molecule has 0 saturated heterocycles. The molecule has 4 nitrogen and oxygen atoms in total. The number of allylic oxidation sites excluding steroid dienone is 4. The van der Waals surface area contributed by atoms with Gasteiger partial charge in [-0.15, -0.1) is 0 Å². The SMILES string of the molecule is CC(C=CC1(C)C(C)CCC(=O)C1C)=CCc1c(O)c(Br)c(C)c(C=O)c1O. The van der Waals surface area contributed by atoms with Gasteiger partial charge >= 0.3 is 0 Å². The average Bonchev–Trinajstić information content (AvgIpc) is 2.66. The molecule has 152 valence electrons. The third-order valence-electron chi connectivity index (χ3n) is 6.52. The molecule has 0 spiro atoms. The molecule has 2 rings (SSSR count). The summed E-state index contributed by atoms with van der Waals surface area (Å²) in [6, 6.07) is 0. The Morgan fingerprint density at radius 1 is 1.29 bits per heavy atom. The second-order valence-corrected chi connectivity index (χ2v) is 8.92. The Bertz CT molecular complexity index is 853. The molecule has 1 fully saturated rings. The smallest absolute Gasteiger partial charge is 0.154 e. The van der Waals surface area contributed by atoms with Gasteiger partial charge in [0.05, 0.1) is 10.0 Å². The Balaban J connectivity index is 2.28. The first kappa shape index (κ1) is 22.4. The van der Waals surface area contributed by atoms with E-state index in [9.17, 15) is 19.8 Å². The number of phenolic OH excluding ortho intramolecular Hbond substituents is 2. The third-order valence-corrected chi connectivity index (χ3v) is 7.49. The first-order chi connectivity index (χ1) is 13.0. The van der Waals surface area contributed by atoms with Gasteiger partial charge in [-0.1, -0.05) is 44.6 Å². The van der Waals surface area contributed by atoms with Crippen molar-refractivity contribution >= 4 is 28.0 Å². The first-order valence-electron chi connectivity index (χ1n) is 9.61. The number of carbonyl (C=O) groups is 2. The lowest BCUT2D eigenvalue weighted by Crippen LogP contribution is -2.40. The van der Waals surface area contributed by atoms with Crippen molar-refractivity contribution in [3.05, 3.63) is 45.0 Å². The standard InChI is InChI=1S/C23H29BrO4/c1-13(10-11-23(5)14(2)7-9-19(26)16(23)4)6-8-17-21(27)18(12-25)15(3)20(24)22(17)28/h6,10-12,14,16,27-28H,7-9H2,1-5H3. The Hall–Kier alpha value is -1.88. The Morgan fingerprint density at radius 3 is 2.54 bits per heavy atom. The van der Waals surface area contributed by atoms with Crippen LogP contribution in [0.25, 0.3) is 0 Å². The first-order valence-corrected chi connectivity index (χ1v) is 10.4. The summed E-state index contributed by atoms with van der Waals surface area (Å²) < 4.78 is 0.417. The van der Waals surface area contributed by atoms with Gasteiger partial charge in [0, 0.05) is 17.9 Å². The van der Waals surface area contributed by atoms with Gasteiger partial charge in [-0.2, -0.15) is 0 Å². The van der Waals surface area contributed by atoms with Crippen LogP contribution in [0.4, 0.5) is 0 Å². The van der Waals surface area contributed by atoms with Crippen molar-refractivity contribution in [2.75, 3.05) is 0 Å². The second-order valence-electron chi connectivity index (χ2n) is 8.13. The molecule has 3 atom stereocenters. The van der Waals surface area contributed by atoms with Crippen LogP contribution in [-0.4, -0.2) is 22.3 Å². The largest absolute Gasteiger partial charge is 0.507 e. The van der Waals surface area contributed by atoms with E-state index in [4.69, 9.17) is 0 Å². The molecule has 2 N–H and O–H groups in total. The average molecular weight is 449 g/mol. The number of hydrogen-bond donors (Lipinski definition) is 2. The van der Waals surface area contributed by atoms with Crippen molar-refractivity contribution in [2.24, 2.45) is 17.3 Å². The van der Waals surface area contributed by atoms with Crippen LogP contribution in [0.15, 0.2) is 28.3 Å². The predicted molar refractivity (Wildman–Crippen MR) is 115 cm³/mol. The van der Waals surface area contributed by atoms with E-state index in [1.54, 1.807) is 6.92 Å². The molecule has 0 radical (unpaired) electrons. The summed E-state index contributed by atoms with van der Waals surface area (Å²) in [6.45, 7) is 9.93. The number of Topliss-reactive ketones (excluding diaryl/α,β-unsaturated/α-hetero) is 1. The van der Waals surface area contributed by atoms with Gasteiger partial charge in [0.1, 0.15) is 17.3 Å². The zero-order valence-corrected chi connectivity index (χ0v) is 18.8. The zero-order chi connectivity index (χ0) is 21.2. The van der Waals surface area contributed by atoms with Crippen molar-refractivity contribution in [3.8, 4) is 11.5 Å². The highest BCUT2D eigenvalue weighted by molar-refractivity contribution is 9.10. The fourth-order valence-electron chi connectivity index (χ4n) is 3.83. The van der Waals surface area contributed by atoms with Crippen molar-refractivity contribution in [1.82, 2.24) is 0 Å². The quantitative estimate of drug-likeness (QED) is 0.449. The topological polar surface area (TPSA) is 74.6 Å². The van der Waals surface area contributed by atoms with E-state index in [0.717, 1.165) is 12.0 Å². The van der Waals surface area contributed by atoms with E-state index in [1.807, 2.05) is 26.0 Å². The van der Waals surface area contributed by atoms with Gasteiger partial charge in [0.25, 0.3) is 0 Å². The molecular formula is C23H29BrO4. The van der Waals surface area contributed by atoms with Gasteiger partial charge in [-0.25, -0.2) is 0 Å². The number of halogens is 1. The lowest BCUT2D eigenvalue weighted by Gasteiger charge is -2.42. The van der Waals surface area contributed by atoms with Crippen molar-refractivity contribution < 1.29 is 19.8 Å². The number of benzene rings is 1. The molecule has 0 aliphatic heterocycles. The highest BCUT2D eigenvalue weighted by Gasteiger charge is 2.41. The van der Waals surface area contributed by atoms with Crippen LogP contribution in [0.2, 0.25) is 0 Å². The van der Waals surface area contributed by atoms with Crippen LogP contribution in [0, 0.1) is 24.2 Å². The van der Waals surface area contributed by atoms with Gasteiger partial charge < -0.3 is 10.2 Å². The van der Waals surface area contributed by atoms with Gasteiger partial charge in [-0.3, -0.25) is 9.59 Å². The number of carbonyl (C=O) groups excluding carboxylic acids is 2. The minimum atomic E-state index is -0.188. The summed E-state index contributed by atoms with van der Waals surface area (Å²) in [5.74, 6) is 0.471. The van der Waals surface area contributed by atoms with E-state index in [2.05, 4.69) is 35.9 Å². The number of phenols is 2. The lowest BCUT2D eigenvalue weighted by atomic mass is 9.61. The number of aromatic hydroxyl groups is 2. The molecule has 0 aromatic heterocycles. The van der Waals surface area contributed by atoms with Crippen molar-refractivity contribution in [1.29, 1.82) is 0 Å². The van der Waals surface area contributed by atoms with Gasteiger partial charge in [-0.05, 0) is 59.5 Å². The number of rotatable bonds is 5. The van der Waals surface area contributed by atoms with Crippen molar-refractivity contribution in [2.45, 2.75) is 53.9 Å². The lowest BCUT2D eigenvalue weighted by molar-refractivity contribution is -0.129. The molecule has 0 amide bonds. The minimum Gasteiger partial charge on any atom is -0.507 e. The van der Waals surface area contributed by atoms with Crippen LogP contribution in [0.5, 0.6) is 11.5 Å². The maximum absolute atomic E-state index is 12.2. The van der Waals surface area contributed by atoms with Crippen LogP contribution in [0.1, 0.15) is 62.0 Å². The molecule has 3 unspecified atom stereocenters. The molecule has 0 heterocycles.